The van der Waals surface area contributed by atoms with Crippen molar-refractivity contribution in [2.24, 2.45) is 0 Å². The quantitative estimate of drug-likeness (QED) is 0.846. The Labute approximate surface area is 124 Å². The Kier molecular flexibility index (Phi) is 4.87. The van der Waals surface area contributed by atoms with Gasteiger partial charge in [-0.2, -0.15) is 0 Å². The normalized spacial score (nSPS) is 11.3. The lowest BCUT2D eigenvalue weighted by atomic mass is 10.1. The van der Waals surface area contributed by atoms with Crippen LogP contribution in [0.25, 0.3) is 0 Å². The zero-order valence-electron chi connectivity index (χ0n) is 12.0. The summed E-state index contributed by atoms with van der Waals surface area (Å²) in [5.41, 5.74) is 1.76. The topological polar surface area (TPSA) is 84.0 Å². The average Bonchev–Trinajstić information content (AvgIpc) is 2.53. The highest BCUT2D eigenvalue weighted by atomic mass is 32.2. The number of aryl methyl sites for hydroxylation is 1. The fraction of sp³-hybridized carbons (Fsp3) is 0.286. The van der Waals surface area contributed by atoms with Crippen LogP contribution >= 0.6 is 0 Å². The second kappa shape index (κ2) is 6.64. The monoisotopic (exact) mass is 306 g/mol. The molecule has 0 saturated carbocycles. The Hall–Kier alpha value is -1.99. The van der Waals surface area contributed by atoms with Crippen molar-refractivity contribution in [1.29, 1.82) is 0 Å². The third kappa shape index (κ3) is 3.56. The number of hydrogen-bond acceptors (Lipinski definition) is 5. The molecule has 0 fully saturated rings. The smallest absolute Gasteiger partial charge is 0.244 e. The van der Waals surface area contributed by atoms with Gasteiger partial charge in [0.15, 0.2) is 0 Å². The van der Waals surface area contributed by atoms with E-state index >= 15 is 0 Å². The Morgan fingerprint density at radius 3 is 2.57 bits per heavy atom. The molecule has 0 amide bonds. The van der Waals surface area contributed by atoms with Gasteiger partial charge in [0.25, 0.3) is 0 Å². The van der Waals surface area contributed by atoms with E-state index in [1.54, 1.807) is 25.5 Å². The summed E-state index contributed by atoms with van der Waals surface area (Å²) in [6, 6.07) is 6.89. The van der Waals surface area contributed by atoms with Crippen molar-refractivity contribution in [3.05, 3.63) is 47.9 Å². The van der Waals surface area contributed by atoms with E-state index in [-0.39, 0.29) is 11.4 Å². The SMILES string of the molecule is CCc1cccnc1CNS(=O)(=O)c1cccnc1NC. The van der Waals surface area contributed by atoms with Crippen molar-refractivity contribution in [2.45, 2.75) is 24.8 Å². The number of hydrogen-bond donors (Lipinski definition) is 2. The molecule has 0 aliphatic heterocycles. The van der Waals surface area contributed by atoms with Gasteiger partial charge in [0.1, 0.15) is 10.7 Å². The molecular formula is C14H18N4O2S. The van der Waals surface area contributed by atoms with Crippen LogP contribution < -0.4 is 10.0 Å². The summed E-state index contributed by atoms with van der Waals surface area (Å²) in [5, 5.41) is 2.78. The average molecular weight is 306 g/mol. The minimum Gasteiger partial charge on any atom is -0.372 e. The van der Waals surface area contributed by atoms with Crippen LogP contribution in [0.15, 0.2) is 41.6 Å². The lowest BCUT2D eigenvalue weighted by molar-refractivity contribution is 0.580. The van der Waals surface area contributed by atoms with E-state index in [1.165, 1.54) is 6.07 Å². The van der Waals surface area contributed by atoms with E-state index in [9.17, 15) is 8.42 Å². The van der Waals surface area contributed by atoms with E-state index < -0.39 is 10.0 Å². The van der Waals surface area contributed by atoms with E-state index in [0.717, 1.165) is 17.7 Å². The van der Waals surface area contributed by atoms with Gasteiger partial charge in [-0.1, -0.05) is 13.0 Å². The van der Waals surface area contributed by atoms with Gasteiger partial charge < -0.3 is 5.32 Å². The lowest BCUT2D eigenvalue weighted by Gasteiger charge is -2.11. The molecule has 6 nitrogen and oxygen atoms in total. The third-order valence-corrected chi connectivity index (χ3v) is 4.52. The van der Waals surface area contributed by atoms with Crippen LogP contribution in [-0.4, -0.2) is 25.4 Å². The zero-order valence-corrected chi connectivity index (χ0v) is 12.8. The number of anilines is 1. The summed E-state index contributed by atoms with van der Waals surface area (Å²) in [6.07, 6.45) is 4.00. The van der Waals surface area contributed by atoms with Crippen LogP contribution in [-0.2, 0) is 23.0 Å². The minimum absolute atomic E-state index is 0.126. The number of nitrogens with one attached hydrogen (secondary N) is 2. The molecule has 2 heterocycles. The largest absolute Gasteiger partial charge is 0.372 e. The van der Waals surface area contributed by atoms with Gasteiger partial charge in [-0.3, -0.25) is 4.98 Å². The lowest BCUT2D eigenvalue weighted by Crippen LogP contribution is -2.25. The van der Waals surface area contributed by atoms with E-state index in [4.69, 9.17) is 0 Å². The summed E-state index contributed by atoms with van der Waals surface area (Å²) in [7, 11) is -2.01. The molecule has 0 radical (unpaired) electrons. The van der Waals surface area contributed by atoms with Crippen LogP contribution in [0.4, 0.5) is 5.82 Å². The molecule has 0 spiro atoms. The van der Waals surface area contributed by atoms with Crippen molar-refractivity contribution in [2.75, 3.05) is 12.4 Å². The minimum atomic E-state index is -3.64. The molecule has 0 bridgehead atoms. The molecule has 21 heavy (non-hydrogen) atoms. The van der Waals surface area contributed by atoms with Crippen molar-refractivity contribution in [1.82, 2.24) is 14.7 Å². The predicted molar refractivity (Wildman–Crippen MR) is 81.4 cm³/mol. The predicted octanol–water partition coefficient (Wildman–Crippen LogP) is 1.56. The molecule has 0 aliphatic carbocycles. The van der Waals surface area contributed by atoms with Crippen molar-refractivity contribution >= 4 is 15.8 Å². The van der Waals surface area contributed by atoms with Gasteiger partial charge in [0, 0.05) is 19.4 Å². The molecule has 2 aromatic rings. The Bertz CT molecular complexity index is 716. The molecular weight excluding hydrogens is 288 g/mol. The van der Waals surface area contributed by atoms with Crippen LogP contribution in [0.5, 0.6) is 0 Å². The van der Waals surface area contributed by atoms with E-state index in [1.807, 2.05) is 19.1 Å². The van der Waals surface area contributed by atoms with Crippen molar-refractivity contribution in [3.63, 3.8) is 0 Å². The molecule has 2 aromatic heterocycles. The molecule has 2 N–H and O–H groups in total. The van der Waals surface area contributed by atoms with E-state index in [0.29, 0.717) is 5.82 Å². The Morgan fingerprint density at radius 1 is 1.14 bits per heavy atom. The van der Waals surface area contributed by atoms with Gasteiger partial charge >= 0.3 is 0 Å². The number of rotatable bonds is 6. The second-order valence-electron chi connectivity index (χ2n) is 4.39. The Balaban J connectivity index is 2.22. The molecule has 112 valence electrons. The molecule has 2 rings (SSSR count). The number of aromatic nitrogens is 2. The first kappa shape index (κ1) is 15.4. The molecule has 0 atom stereocenters. The number of pyridine rings is 2. The maximum absolute atomic E-state index is 12.4. The van der Waals surface area contributed by atoms with Crippen molar-refractivity contribution in [3.8, 4) is 0 Å². The van der Waals surface area contributed by atoms with Crippen LogP contribution in [0, 0.1) is 0 Å². The van der Waals surface area contributed by atoms with Gasteiger partial charge in [0.05, 0.1) is 12.2 Å². The van der Waals surface area contributed by atoms with Crippen LogP contribution in [0.2, 0.25) is 0 Å². The summed E-state index contributed by atoms with van der Waals surface area (Å²) in [6.45, 7) is 2.17. The van der Waals surface area contributed by atoms with Gasteiger partial charge in [-0.05, 0) is 30.2 Å². The second-order valence-corrected chi connectivity index (χ2v) is 6.12. The summed E-state index contributed by atoms with van der Waals surface area (Å²) in [5.74, 6) is 0.321. The van der Waals surface area contributed by atoms with Crippen LogP contribution in [0.1, 0.15) is 18.2 Å². The first-order chi connectivity index (χ1) is 10.1. The van der Waals surface area contributed by atoms with E-state index in [2.05, 4.69) is 20.0 Å². The molecule has 7 heteroatoms. The maximum Gasteiger partial charge on any atom is 0.244 e. The molecule has 0 aliphatic rings. The van der Waals surface area contributed by atoms with Gasteiger partial charge in [-0.15, -0.1) is 0 Å². The third-order valence-electron chi connectivity index (χ3n) is 3.09. The number of nitrogens with zero attached hydrogens (tertiary/aromatic N) is 2. The zero-order chi connectivity index (χ0) is 15.3. The molecule has 0 saturated heterocycles. The maximum atomic E-state index is 12.4. The highest BCUT2D eigenvalue weighted by Gasteiger charge is 2.19. The first-order valence-electron chi connectivity index (χ1n) is 6.63. The fourth-order valence-electron chi connectivity index (χ4n) is 1.99. The standard InChI is InChI=1S/C14H18N4O2S/c1-3-11-6-4-8-16-12(11)10-18-21(19,20)13-7-5-9-17-14(13)15-2/h4-9,18H,3,10H2,1-2H3,(H,15,17). The van der Waals surface area contributed by atoms with Crippen molar-refractivity contribution < 1.29 is 8.42 Å². The molecule has 0 aromatic carbocycles. The Morgan fingerprint density at radius 2 is 1.86 bits per heavy atom. The molecule has 0 unspecified atom stereocenters. The number of sulfonamides is 1. The summed E-state index contributed by atoms with van der Waals surface area (Å²) >= 11 is 0. The first-order valence-corrected chi connectivity index (χ1v) is 8.12. The summed E-state index contributed by atoms with van der Waals surface area (Å²) < 4.78 is 27.3. The highest BCUT2D eigenvalue weighted by molar-refractivity contribution is 7.89. The summed E-state index contributed by atoms with van der Waals surface area (Å²) in [4.78, 5) is 8.36. The fourth-order valence-corrected chi connectivity index (χ4v) is 3.14. The van der Waals surface area contributed by atoms with Gasteiger partial charge in [0.2, 0.25) is 10.0 Å². The highest BCUT2D eigenvalue weighted by Crippen LogP contribution is 2.17. The van der Waals surface area contributed by atoms with Gasteiger partial charge in [-0.25, -0.2) is 18.1 Å². The van der Waals surface area contributed by atoms with Crippen LogP contribution in [0.3, 0.4) is 0 Å².